The van der Waals surface area contributed by atoms with Crippen molar-refractivity contribution in [3.63, 3.8) is 0 Å². The van der Waals surface area contributed by atoms with E-state index in [0.29, 0.717) is 5.69 Å². The van der Waals surface area contributed by atoms with E-state index in [-0.39, 0.29) is 5.56 Å². The van der Waals surface area contributed by atoms with E-state index in [1.54, 1.807) is 4.68 Å². The molecule has 0 saturated heterocycles. The van der Waals surface area contributed by atoms with Gasteiger partial charge in [-0.25, -0.2) is 4.68 Å². The number of hydrogen-bond acceptors (Lipinski definition) is 2. The van der Waals surface area contributed by atoms with Gasteiger partial charge in [-0.3, -0.25) is 9.48 Å². The van der Waals surface area contributed by atoms with Crippen LogP contribution >= 0.6 is 0 Å². The molecule has 0 bridgehead atoms. The lowest BCUT2D eigenvalue weighted by atomic mass is 10.2. The molecule has 0 saturated carbocycles. The largest absolute Gasteiger partial charge is 0.393 e. The number of nitrogens with zero attached hydrogens (tertiary/aromatic N) is 2. The van der Waals surface area contributed by atoms with Gasteiger partial charge in [0.25, 0.3) is 5.56 Å². The smallest absolute Gasteiger partial charge is 0.290 e. The van der Waals surface area contributed by atoms with Gasteiger partial charge in [-0.05, 0) is 12.8 Å². The van der Waals surface area contributed by atoms with Crippen LogP contribution in [0.4, 0.5) is 5.69 Å². The van der Waals surface area contributed by atoms with Crippen molar-refractivity contribution in [2.24, 2.45) is 7.05 Å². The zero-order valence-corrected chi connectivity index (χ0v) is 9.92. The van der Waals surface area contributed by atoms with Crippen molar-refractivity contribution in [1.82, 2.24) is 9.36 Å². The molecule has 1 rings (SSSR count). The first-order chi connectivity index (χ1) is 7.13. The molecule has 1 aromatic heterocycles. The van der Waals surface area contributed by atoms with Gasteiger partial charge < -0.3 is 5.73 Å². The standard InChI is InChI=1S/C11H21N3O/c1-4-6-8-14-11(15)10(12)9(7-5-2)13(14)3/h4-8,12H2,1-3H3. The molecule has 0 amide bonds. The van der Waals surface area contributed by atoms with Crippen LogP contribution in [-0.2, 0) is 20.0 Å². The van der Waals surface area contributed by atoms with E-state index >= 15 is 0 Å². The highest BCUT2D eigenvalue weighted by Gasteiger charge is 2.13. The van der Waals surface area contributed by atoms with E-state index in [1.165, 1.54) is 0 Å². The lowest BCUT2D eigenvalue weighted by molar-refractivity contribution is 0.463. The Bertz CT molecular complexity index is 376. The molecule has 0 aliphatic heterocycles. The van der Waals surface area contributed by atoms with Crippen molar-refractivity contribution in [2.45, 2.75) is 46.1 Å². The fraction of sp³-hybridized carbons (Fsp3) is 0.727. The van der Waals surface area contributed by atoms with Gasteiger partial charge in [0.05, 0.1) is 5.69 Å². The predicted octanol–water partition coefficient (Wildman–Crippen LogP) is 1.52. The molecule has 0 unspecified atom stereocenters. The first kappa shape index (κ1) is 11.9. The van der Waals surface area contributed by atoms with E-state index in [9.17, 15) is 4.79 Å². The van der Waals surface area contributed by atoms with Crippen LogP contribution in [0.5, 0.6) is 0 Å². The molecule has 15 heavy (non-hydrogen) atoms. The molecule has 4 nitrogen and oxygen atoms in total. The average molecular weight is 211 g/mol. The van der Waals surface area contributed by atoms with Gasteiger partial charge in [-0.1, -0.05) is 26.7 Å². The highest BCUT2D eigenvalue weighted by atomic mass is 16.1. The van der Waals surface area contributed by atoms with Crippen LogP contribution in [0.3, 0.4) is 0 Å². The maximum Gasteiger partial charge on any atom is 0.290 e. The molecule has 0 fully saturated rings. The van der Waals surface area contributed by atoms with E-state index < -0.39 is 0 Å². The van der Waals surface area contributed by atoms with Crippen molar-refractivity contribution in [3.8, 4) is 0 Å². The zero-order valence-electron chi connectivity index (χ0n) is 9.92. The number of unbranched alkanes of at least 4 members (excludes halogenated alkanes) is 1. The molecule has 0 aliphatic rings. The molecule has 0 atom stereocenters. The third-order valence-electron chi connectivity index (χ3n) is 2.74. The van der Waals surface area contributed by atoms with Crippen LogP contribution in [0.1, 0.15) is 38.8 Å². The minimum atomic E-state index is -0.0330. The summed E-state index contributed by atoms with van der Waals surface area (Å²) in [5, 5.41) is 0. The van der Waals surface area contributed by atoms with Gasteiger partial charge in [-0.15, -0.1) is 0 Å². The normalized spacial score (nSPS) is 10.9. The van der Waals surface area contributed by atoms with Crippen molar-refractivity contribution < 1.29 is 0 Å². The Morgan fingerprint density at radius 2 is 1.93 bits per heavy atom. The molecular formula is C11H21N3O. The van der Waals surface area contributed by atoms with Crippen molar-refractivity contribution in [1.29, 1.82) is 0 Å². The Balaban J connectivity index is 3.06. The Labute approximate surface area is 90.7 Å². The van der Waals surface area contributed by atoms with Crippen LogP contribution < -0.4 is 11.3 Å². The van der Waals surface area contributed by atoms with Gasteiger partial charge in [0.15, 0.2) is 0 Å². The Hall–Kier alpha value is -1.19. The lowest BCUT2D eigenvalue weighted by Gasteiger charge is -2.08. The van der Waals surface area contributed by atoms with Gasteiger partial charge in [0.2, 0.25) is 0 Å². The number of anilines is 1. The molecule has 2 N–H and O–H groups in total. The summed E-state index contributed by atoms with van der Waals surface area (Å²) in [6.07, 6.45) is 3.98. The Morgan fingerprint density at radius 3 is 2.47 bits per heavy atom. The maximum absolute atomic E-state index is 11.8. The lowest BCUT2D eigenvalue weighted by Crippen LogP contribution is -2.22. The molecule has 0 radical (unpaired) electrons. The molecule has 1 aromatic rings. The summed E-state index contributed by atoms with van der Waals surface area (Å²) >= 11 is 0. The number of rotatable bonds is 5. The maximum atomic E-state index is 11.8. The quantitative estimate of drug-likeness (QED) is 0.803. The molecule has 1 heterocycles. The van der Waals surface area contributed by atoms with Crippen LogP contribution in [0.2, 0.25) is 0 Å². The van der Waals surface area contributed by atoms with Crippen LogP contribution in [0.15, 0.2) is 4.79 Å². The van der Waals surface area contributed by atoms with Crippen LogP contribution in [-0.4, -0.2) is 9.36 Å². The molecule has 0 aliphatic carbocycles. The second kappa shape index (κ2) is 5.05. The Morgan fingerprint density at radius 1 is 1.27 bits per heavy atom. The van der Waals surface area contributed by atoms with Gasteiger partial charge in [0.1, 0.15) is 5.69 Å². The summed E-state index contributed by atoms with van der Waals surface area (Å²) in [6.45, 7) is 4.97. The molecule has 0 aromatic carbocycles. The summed E-state index contributed by atoms with van der Waals surface area (Å²) in [5.74, 6) is 0. The van der Waals surface area contributed by atoms with Crippen LogP contribution in [0, 0.1) is 0 Å². The molecule has 86 valence electrons. The Kier molecular flexibility index (Phi) is 4.00. The summed E-state index contributed by atoms with van der Waals surface area (Å²) in [5.41, 5.74) is 7.17. The van der Waals surface area contributed by atoms with E-state index in [0.717, 1.165) is 37.9 Å². The number of nitrogens with two attached hydrogens (primary N) is 1. The molecule has 0 spiro atoms. The van der Waals surface area contributed by atoms with E-state index in [1.807, 2.05) is 11.7 Å². The van der Waals surface area contributed by atoms with Gasteiger partial charge >= 0.3 is 0 Å². The summed E-state index contributed by atoms with van der Waals surface area (Å²) in [6, 6.07) is 0. The van der Waals surface area contributed by atoms with E-state index in [4.69, 9.17) is 5.73 Å². The fourth-order valence-corrected chi connectivity index (χ4v) is 1.81. The third-order valence-corrected chi connectivity index (χ3v) is 2.74. The summed E-state index contributed by atoms with van der Waals surface area (Å²) < 4.78 is 3.65. The predicted molar refractivity (Wildman–Crippen MR) is 63.0 cm³/mol. The zero-order chi connectivity index (χ0) is 11.4. The second-order valence-electron chi connectivity index (χ2n) is 3.92. The van der Waals surface area contributed by atoms with E-state index in [2.05, 4.69) is 13.8 Å². The fourth-order valence-electron chi connectivity index (χ4n) is 1.81. The number of nitrogen functional groups attached to an aromatic ring is 1. The number of hydrogen-bond donors (Lipinski definition) is 1. The average Bonchev–Trinajstić information content (AvgIpc) is 2.42. The number of aromatic nitrogens is 2. The summed E-state index contributed by atoms with van der Waals surface area (Å²) in [7, 11) is 1.92. The highest BCUT2D eigenvalue weighted by Crippen LogP contribution is 2.10. The monoisotopic (exact) mass is 211 g/mol. The SMILES string of the molecule is CCCCn1c(=O)c(N)c(CCC)n1C. The van der Waals surface area contributed by atoms with Crippen molar-refractivity contribution in [3.05, 3.63) is 16.0 Å². The second-order valence-corrected chi connectivity index (χ2v) is 3.92. The third kappa shape index (κ3) is 2.25. The van der Waals surface area contributed by atoms with Crippen molar-refractivity contribution in [2.75, 3.05) is 5.73 Å². The van der Waals surface area contributed by atoms with Crippen molar-refractivity contribution >= 4 is 5.69 Å². The first-order valence-corrected chi connectivity index (χ1v) is 5.67. The first-order valence-electron chi connectivity index (χ1n) is 5.67. The summed E-state index contributed by atoms with van der Waals surface area (Å²) in [4.78, 5) is 11.8. The molecular weight excluding hydrogens is 190 g/mol. The van der Waals surface area contributed by atoms with Crippen LogP contribution in [0.25, 0.3) is 0 Å². The van der Waals surface area contributed by atoms with Gasteiger partial charge in [-0.2, -0.15) is 0 Å². The minimum absolute atomic E-state index is 0.0330. The highest BCUT2D eigenvalue weighted by molar-refractivity contribution is 5.41. The minimum Gasteiger partial charge on any atom is -0.393 e. The van der Waals surface area contributed by atoms with Gasteiger partial charge in [0, 0.05) is 13.6 Å². The molecule has 4 heteroatoms. The topological polar surface area (TPSA) is 52.9 Å².